The van der Waals surface area contributed by atoms with Gasteiger partial charge in [0.15, 0.2) is 0 Å². The van der Waals surface area contributed by atoms with Crippen LogP contribution in [0.5, 0.6) is 0 Å². The van der Waals surface area contributed by atoms with Crippen molar-refractivity contribution in [3.8, 4) is 0 Å². The van der Waals surface area contributed by atoms with Gasteiger partial charge < -0.3 is 29.5 Å². The van der Waals surface area contributed by atoms with Crippen molar-refractivity contribution < 1.29 is 43.9 Å². The van der Waals surface area contributed by atoms with Crippen LogP contribution in [0.2, 0.25) is 0 Å². The fraction of sp³-hybridized carbons (Fsp3) is 0.609. The van der Waals surface area contributed by atoms with Crippen molar-refractivity contribution in [2.45, 2.75) is 89.5 Å². The monoisotopic (exact) mass is 486 g/mol. The summed E-state index contributed by atoms with van der Waals surface area (Å²) in [6.45, 7) is 4.51. The third kappa shape index (κ3) is 8.58. The second kappa shape index (κ2) is 12.3. The molecule has 6 atom stereocenters. The number of carboxylic acids is 1. The third-order valence-corrected chi connectivity index (χ3v) is 5.85. The van der Waals surface area contributed by atoms with Crippen molar-refractivity contribution in [2.75, 3.05) is 0 Å². The first-order valence-corrected chi connectivity index (χ1v) is 11.1. The lowest BCUT2D eigenvalue weighted by molar-refractivity contribution is -0.159. The molecule has 1 saturated heterocycles. The number of rotatable bonds is 5. The normalized spacial score (nSPS) is 33.6. The van der Waals surface area contributed by atoms with E-state index in [4.69, 9.17) is 30.9 Å². The van der Waals surface area contributed by atoms with E-state index in [1.54, 1.807) is 26.0 Å². The highest BCUT2D eigenvalue weighted by Crippen LogP contribution is 2.32. The average Bonchev–Trinajstić information content (AvgIpc) is 3.07. The van der Waals surface area contributed by atoms with Crippen LogP contribution >= 0.6 is 11.6 Å². The van der Waals surface area contributed by atoms with Crippen molar-refractivity contribution in [1.29, 1.82) is 0 Å². The Bertz CT molecular complexity index is 832. The molecule has 2 aliphatic rings. The highest BCUT2D eigenvalue weighted by molar-refractivity contribution is 6.30. The number of hydrogen-bond donors (Lipinski definition) is 3. The number of hydrogen-bond acceptors (Lipinski definition) is 8. The molecule has 0 aromatic rings. The zero-order valence-electron chi connectivity index (χ0n) is 18.9. The maximum absolute atomic E-state index is 12.7. The van der Waals surface area contributed by atoms with Crippen LogP contribution in [0.25, 0.3) is 0 Å². The summed E-state index contributed by atoms with van der Waals surface area (Å²) in [6.07, 6.45) is -0.540. The molecule has 2 bridgehead atoms. The van der Waals surface area contributed by atoms with Gasteiger partial charge in [0.05, 0.1) is 25.0 Å². The summed E-state index contributed by atoms with van der Waals surface area (Å²) in [5, 5.41) is 30.3. The molecule has 1 unspecified atom stereocenters. The SMILES string of the molecule is CC(=O)OC1CC(=O)O[C@H]2C[C@H](C[C@@H](O)/C(Cl)=C/C/C=C\1C)O[C@H]2[C@H](O)/C=C(\C)CC(=O)O. The van der Waals surface area contributed by atoms with Crippen LogP contribution in [0.15, 0.2) is 34.4 Å². The van der Waals surface area contributed by atoms with Crippen LogP contribution in [0.4, 0.5) is 0 Å². The largest absolute Gasteiger partial charge is 0.481 e. The van der Waals surface area contributed by atoms with Crippen LogP contribution in [0.3, 0.4) is 0 Å². The zero-order chi connectivity index (χ0) is 24.7. The molecule has 0 amide bonds. The maximum Gasteiger partial charge on any atom is 0.310 e. The van der Waals surface area contributed by atoms with Gasteiger partial charge in [0.2, 0.25) is 0 Å². The molecule has 2 heterocycles. The van der Waals surface area contributed by atoms with Gasteiger partial charge in [-0.15, -0.1) is 0 Å². The Hall–Kier alpha value is -2.20. The van der Waals surface area contributed by atoms with Crippen molar-refractivity contribution in [3.63, 3.8) is 0 Å². The first-order valence-electron chi connectivity index (χ1n) is 10.8. The summed E-state index contributed by atoms with van der Waals surface area (Å²) < 4.78 is 16.7. The number of carboxylic acid groups (broad SMARTS) is 1. The first kappa shape index (κ1) is 27.0. The van der Waals surface area contributed by atoms with Gasteiger partial charge in [-0.3, -0.25) is 14.4 Å². The van der Waals surface area contributed by atoms with Crippen LogP contribution in [-0.2, 0) is 28.6 Å². The van der Waals surface area contributed by atoms with Gasteiger partial charge in [-0.25, -0.2) is 0 Å². The Morgan fingerprint density at radius 1 is 1.30 bits per heavy atom. The Balaban J connectivity index is 2.31. The molecule has 0 spiro atoms. The molecule has 0 saturated carbocycles. The van der Waals surface area contributed by atoms with E-state index in [0.29, 0.717) is 17.6 Å². The van der Waals surface area contributed by atoms with Gasteiger partial charge in [-0.2, -0.15) is 0 Å². The number of fused-ring (bicyclic) bond motifs is 2. The maximum atomic E-state index is 12.7. The van der Waals surface area contributed by atoms with Crippen LogP contribution in [0, 0.1) is 0 Å². The van der Waals surface area contributed by atoms with E-state index in [-0.39, 0.29) is 30.7 Å². The van der Waals surface area contributed by atoms with Crippen LogP contribution in [0.1, 0.15) is 52.9 Å². The smallest absolute Gasteiger partial charge is 0.310 e. The summed E-state index contributed by atoms with van der Waals surface area (Å²) in [7, 11) is 0. The fourth-order valence-corrected chi connectivity index (χ4v) is 4.04. The number of aliphatic carboxylic acids is 1. The third-order valence-electron chi connectivity index (χ3n) is 5.44. The van der Waals surface area contributed by atoms with E-state index >= 15 is 0 Å². The molecule has 33 heavy (non-hydrogen) atoms. The first-order chi connectivity index (χ1) is 15.5. The minimum absolute atomic E-state index is 0.128. The molecule has 0 aliphatic carbocycles. The lowest BCUT2D eigenvalue weighted by Crippen LogP contribution is -2.37. The summed E-state index contributed by atoms with van der Waals surface area (Å²) in [5.74, 6) is -2.24. The summed E-state index contributed by atoms with van der Waals surface area (Å²) in [4.78, 5) is 35.1. The number of halogens is 1. The number of esters is 2. The Morgan fingerprint density at radius 3 is 2.64 bits per heavy atom. The van der Waals surface area contributed by atoms with Gasteiger partial charge in [0.25, 0.3) is 0 Å². The minimum Gasteiger partial charge on any atom is -0.481 e. The molecule has 184 valence electrons. The number of carbonyl (C=O) groups is 3. The van der Waals surface area contributed by atoms with E-state index < -0.39 is 54.5 Å². The molecule has 2 rings (SSSR count). The van der Waals surface area contributed by atoms with Crippen molar-refractivity contribution >= 4 is 29.5 Å². The van der Waals surface area contributed by atoms with Crippen LogP contribution in [-0.4, -0.2) is 69.9 Å². The van der Waals surface area contributed by atoms with Crippen molar-refractivity contribution in [2.24, 2.45) is 0 Å². The van der Waals surface area contributed by atoms with Crippen LogP contribution < -0.4 is 0 Å². The topological polar surface area (TPSA) is 140 Å². The molecule has 9 nitrogen and oxygen atoms in total. The zero-order valence-corrected chi connectivity index (χ0v) is 19.7. The standard InChI is InChI=1S/C23H31ClO9/c1-12(8-21(28)29)7-18(27)23-20-10-15(32-23)9-17(26)16(24)6-4-5-13(2)19(31-14(3)25)11-22(30)33-20/h5-7,15,17-20,23,26-27H,4,8-11H2,1-3H3,(H,28,29)/b12-7+,13-5-,16-6-/t15-,17+,18+,19?,20-,23-/m0/s1. The predicted octanol–water partition coefficient (Wildman–Crippen LogP) is 2.38. The molecule has 0 radical (unpaired) electrons. The van der Waals surface area contributed by atoms with Gasteiger partial charge in [-0.1, -0.05) is 35.4 Å². The van der Waals surface area contributed by atoms with E-state index in [1.807, 2.05) is 0 Å². The van der Waals surface area contributed by atoms with E-state index in [0.717, 1.165) is 0 Å². The molecular formula is C23H31ClO9. The molecule has 2 aliphatic heterocycles. The van der Waals surface area contributed by atoms with E-state index in [2.05, 4.69) is 0 Å². The molecule has 1 fully saturated rings. The summed E-state index contributed by atoms with van der Waals surface area (Å²) in [5.41, 5.74) is 1.04. The van der Waals surface area contributed by atoms with Gasteiger partial charge in [0, 0.05) is 24.8 Å². The van der Waals surface area contributed by atoms with E-state index in [1.165, 1.54) is 13.0 Å². The lowest BCUT2D eigenvalue weighted by atomic mass is 10.0. The highest BCUT2D eigenvalue weighted by Gasteiger charge is 2.42. The molecule has 0 aromatic heterocycles. The number of ether oxygens (including phenoxy) is 3. The Morgan fingerprint density at radius 2 is 2.00 bits per heavy atom. The second-order valence-electron chi connectivity index (χ2n) is 8.39. The van der Waals surface area contributed by atoms with Gasteiger partial charge >= 0.3 is 17.9 Å². The van der Waals surface area contributed by atoms with Gasteiger partial charge in [0.1, 0.15) is 24.4 Å². The summed E-state index contributed by atoms with van der Waals surface area (Å²) in [6, 6.07) is 0. The number of allylic oxidation sites excluding steroid dienone is 2. The number of aliphatic hydroxyl groups excluding tert-OH is 2. The molecule has 10 heteroatoms. The predicted molar refractivity (Wildman–Crippen MR) is 118 cm³/mol. The molecular weight excluding hydrogens is 456 g/mol. The minimum atomic E-state index is -1.24. The second-order valence-corrected chi connectivity index (χ2v) is 8.82. The molecule has 3 N–H and O–H groups in total. The Kier molecular flexibility index (Phi) is 10.1. The van der Waals surface area contributed by atoms with Crippen molar-refractivity contribution in [3.05, 3.63) is 34.4 Å². The molecule has 0 aromatic carbocycles. The average molecular weight is 487 g/mol. The van der Waals surface area contributed by atoms with Crippen molar-refractivity contribution in [1.82, 2.24) is 0 Å². The number of carbonyl (C=O) groups excluding carboxylic acids is 2. The quantitative estimate of drug-likeness (QED) is 0.394. The number of aliphatic hydroxyl groups is 2. The van der Waals surface area contributed by atoms with Gasteiger partial charge in [-0.05, 0) is 25.8 Å². The highest BCUT2D eigenvalue weighted by atomic mass is 35.5. The lowest BCUT2D eigenvalue weighted by Gasteiger charge is -2.24. The van der Waals surface area contributed by atoms with E-state index in [9.17, 15) is 24.6 Å². The fourth-order valence-electron chi connectivity index (χ4n) is 3.86. The summed E-state index contributed by atoms with van der Waals surface area (Å²) >= 11 is 6.22. The Labute approximate surface area is 197 Å².